The first-order valence-electron chi connectivity index (χ1n) is 11.5. The molecule has 0 radical (unpaired) electrons. The maximum absolute atomic E-state index is 13.6. The molecule has 2 saturated carbocycles. The van der Waals surface area contributed by atoms with Gasteiger partial charge in [-0.25, -0.2) is 4.79 Å². The van der Waals surface area contributed by atoms with Gasteiger partial charge in [-0.1, -0.05) is 43.4 Å². The lowest BCUT2D eigenvalue weighted by molar-refractivity contribution is -0.157. The molecule has 3 heterocycles. The normalized spacial score (nSPS) is 34.3. The van der Waals surface area contributed by atoms with Crippen molar-refractivity contribution in [1.82, 2.24) is 9.88 Å². The number of H-pyrrole nitrogens is 1. The molecule has 0 spiro atoms. The number of nitrogens with one attached hydrogen (secondary N) is 1. The van der Waals surface area contributed by atoms with E-state index in [0.29, 0.717) is 6.42 Å². The van der Waals surface area contributed by atoms with Crippen LogP contribution in [0, 0.1) is 35.5 Å². The van der Waals surface area contributed by atoms with Gasteiger partial charge >= 0.3 is 10.8 Å². The van der Waals surface area contributed by atoms with E-state index in [4.69, 9.17) is 0 Å². The maximum atomic E-state index is 13.6. The van der Waals surface area contributed by atoms with Crippen LogP contribution in [0.15, 0.2) is 34.1 Å². The molecule has 2 aliphatic heterocycles. The van der Waals surface area contributed by atoms with Gasteiger partial charge in [0.1, 0.15) is 11.8 Å². The molecule has 3 fully saturated rings. The third-order valence-corrected chi connectivity index (χ3v) is 10.8. The van der Waals surface area contributed by atoms with Crippen molar-refractivity contribution in [1.29, 1.82) is 0 Å². The van der Waals surface area contributed by atoms with E-state index in [1.165, 1.54) is 0 Å². The summed E-state index contributed by atoms with van der Waals surface area (Å²) in [7, 11) is 0. The first-order valence-corrected chi connectivity index (χ1v) is 13.2. The number of aromatic hydroxyl groups is 1. The van der Waals surface area contributed by atoms with Crippen molar-refractivity contribution in [2.75, 3.05) is 0 Å². The lowest BCUT2D eigenvalue weighted by Crippen LogP contribution is -2.49. The fourth-order valence-corrected chi connectivity index (χ4v) is 9.99. The number of amides is 2. The minimum atomic E-state index is -1.17. The largest absolute Gasteiger partial charge is 0.508 e. The summed E-state index contributed by atoms with van der Waals surface area (Å²) in [5.41, 5.74) is 0.720. The van der Waals surface area contributed by atoms with Gasteiger partial charge in [-0.15, -0.1) is 11.8 Å². The van der Waals surface area contributed by atoms with Gasteiger partial charge in [-0.2, -0.15) is 0 Å². The summed E-state index contributed by atoms with van der Waals surface area (Å²) >= 11 is 2.70. The molecule has 2 amide bonds. The molecular formula is C24H24N2O6S2. The number of nitrogens with zero attached hydrogens (tertiary/aromatic N) is 1. The zero-order valence-electron chi connectivity index (χ0n) is 18.5. The molecule has 178 valence electrons. The molecule has 2 bridgehead atoms. The number of carboxylic acid groups (broad SMARTS) is 1. The quantitative estimate of drug-likeness (QED) is 0.551. The number of para-hydroxylation sites is 1. The number of carbonyl (C=O) groups is 3. The summed E-state index contributed by atoms with van der Waals surface area (Å²) in [6.07, 6.45) is 0.714. The molecule has 2 aromatic rings. The van der Waals surface area contributed by atoms with Crippen LogP contribution in [0.5, 0.6) is 5.75 Å². The van der Waals surface area contributed by atoms with Crippen LogP contribution in [0.4, 0.5) is 0 Å². The molecule has 0 unspecified atom stereocenters. The number of hydrogen-bond donors (Lipinski definition) is 3. The van der Waals surface area contributed by atoms with Gasteiger partial charge in [-0.3, -0.25) is 19.3 Å². The summed E-state index contributed by atoms with van der Waals surface area (Å²) in [6, 6.07) is 5.91. The van der Waals surface area contributed by atoms with E-state index in [0.717, 1.165) is 31.7 Å². The Labute approximate surface area is 203 Å². The number of rotatable bonds is 4. The van der Waals surface area contributed by atoms with Crippen LogP contribution in [-0.4, -0.2) is 49.2 Å². The number of benzene rings is 1. The third-order valence-electron chi connectivity index (χ3n) is 8.19. The number of aliphatic carboxylic acids is 1. The van der Waals surface area contributed by atoms with Crippen molar-refractivity contribution >= 4 is 40.9 Å². The Hall–Kier alpha value is -2.59. The number of imide groups is 1. The molecular weight excluding hydrogens is 476 g/mol. The van der Waals surface area contributed by atoms with Gasteiger partial charge in [0.25, 0.3) is 0 Å². The van der Waals surface area contributed by atoms with Crippen molar-refractivity contribution in [3.05, 3.63) is 44.4 Å². The van der Waals surface area contributed by atoms with E-state index >= 15 is 0 Å². The second-order valence-corrected chi connectivity index (χ2v) is 12.3. The van der Waals surface area contributed by atoms with Crippen LogP contribution >= 0.6 is 23.1 Å². The standard InChI is InChI=1S/C24H24N2O6S2/c1-8(2)17(23(30)31)26-21(28)15-10-7-11(16(15)22(26)29)18-14(10)13(9-5-3-4-6-12(9)27)19-20(33-18)25-24(32)34-19/h3-6,8,10-11,13-18,27H,7H2,1-2H3,(H,25,32)(H,30,31)/t10-,11-,13-,14+,15+,16-,17-,18-/m1/s1. The molecule has 34 heavy (non-hydrogen) atoms. The summed E-state index contributed by atoms with van der Waals surface area (Å²) in [5, 5.41) is 21.3. The van der Waals surface area contributed by atoms with Gasteiger partial charge in [0, 0.05) is 21.6 Å². The van der Waals surface area contributed by atoms with E-state index in [1.54, 1.807) is 37.7 Å². The van der Waals surface area contributed by atoms with Gasteiger partial charge in [-0.05, 0) is 36.2 Å². The van der Waals surface area contributed by atoms with Crippen molar-refractivity contribution in [2.24, 2.45) is 35.5 Å². The molecule has 3 N–H and O–H groups in total. The smallest absolute Gasteiger partial charge is 0.327 e. The molecule has 1 aromatic carbocycles. The highest BCUT2D eigenvalue weighted by atomic mass is 32.2. The average Bonchev–Trinajstić information content (AvgIpc) is 3.49. The zero-order chi connectivity index (χ0) is 24.0. The Morgan fingerprint density at radius 2 is 1.79 bits per heavy atom. The molecule has 6 rings (SSSR count). The molecule has 1 saturated heterocycles. The number of fused-ring (bicyclic) bond motifs is 9. The Balaban J connectivity index is 1.46. The van der Waals surface area contributed by atoms with Crippen molar-refractivity contribution < 1.29 is 24.6 Å². The Morgan fingerprint density at radius 3 is 2.44 bits per heavy atom. The number of thiazole rings is 1. The fourth-order valence-electron chi connectivity index (χ4n) is 7.11. The minimum Gasteiger partial charge on any atom is -0.508 e. The molecule has 1 aromatic heterocycles. The van der Waals surface area contributed by atoms with Crippen LogP contribution < -0.4 is 4.87 Å². The zero-order valence-corrected chi connectivity index (χ0v) is 20.1. The molecule has 4 aliphatic rings. The van der Waals surface area contributed by atoms with Crippen molar-refractivity contribution in [2.45, 2.75) is 42.5 Å². The van der Waals surface area contributed by atoms with E-state index in [1.807, 2.05) is 12.1 Å². The maximum Gasteiger partial charge on any atom is 0.327 e. The summed E-state index contributed by atoms with van der Waals surface area (Å²) in [4.78, 5) is 56.0. The number of likely N-dealkylation sites (tertiary alicyclic amines) is 1. The molecule has 8 atom stereocenters. The number of hydrogen-bond acceptors (Lipinski definition) is 7. The highest BCUT2D eigenvalue weighted by Gasteiger charge is 2.70. The second kappa shape index (κ2) is 7.45. The predicted octanol–water partition coefficient (Wildman–Crippen LogP) is 2.72. The van der Waals surface area contributed by atoms with Crippen LogP contribution in [0.3, 0.4) is 0 Å². The van der Waals surface area contributed by atoms with Gasteiger partial charge in [0.15, 0.2) is 0 Å². The number of phenols is 1. The number of aromatic amines is 1. The van der Waals surface area contributed by atoms with E-state index in [2.05, 4.69) is 4.98 Å². The van der Waals surface area contributed by atoms with Crippen LogP contribution in [0.2, 0.25) is 0 Å². The van der Waals surface area contributed by atoms with Crippen LogP contribution in [-0.2, 0) is 14.4 Å². The highest BCUT2D eigenvalue weighted by Crippen LogP contribution is 2.69. The Kier molecular flexibility index (Phi) is 4.80. The monoisotopic (exact) mass is 500 g/mol. The lowest BCUT2D eigenvalue weighted by atomic mass is 9.68. The number of carbonyl (C=O) groups excluding carboxylic acids is 2. The topological polar surface area (TPSA) is 128 Å². The average molecular weight is 501 g/mol. The highest BCUT2D eigenvalue weighted by molar-refractivity contribution is 8.00. The van der Waals surface area contributed by atoms with Crippen LogP contribution in [0.25, 0.3) is 0 Å². The van der Waals surface area contributed by atoms with Gasteiger partial charge in [0.2, 0.25) is 11.8 Å². The number of carboxylic acids is 1. The Bertz CT molecular complexity index is 1280. The lowest BCUT2D eigenvalue weighted by Gasteiger charge is -2.43. The first kappa shape index (κ1) is 21.9. The molecule has 10 heteroatoms. The van der Waals surface area contributed by atoms with Gasteiger partial charge in [0.05, 0.1) is 16.9 Å². The fraction of sp³-hybridized carbons (Fsp3) is 0.500. The van der Waals surface area contributed by atoms with Crippen LogP contribution in [0.1, 0.15) is 36.6 Å². The predicted molar refractivity (Wildman–Crippen MR) is 125 cm³/mol. The van der Waals surface area contributed by atoms with E-state index in [-0.39, 0.29) is 51.4 Å². The minimum absolute atomic E-state index is 0.00682. The van der Waals surface area contributed by atoms with E-state index < -0.39 is 29.8 Å². The second-order valence-electron chi connectivity index (χ2n) is 10.1. The number of phenolic OH excluding ortho intramolecular Hbond substituents is 1. The SMILES string of the molecule is CC(C)[C@H](C(=O)O)N1C(=O)[C@@H]2[C@H]3C[C@@H]([C@@H]2C1=O)[C@H]1[C@@H](c2ccccc2O)c2sc(=O)[nH]c2S[C@H]31. The third kappa shape index (κ3) is 2.78. The first-order chi connectivity index (χ1) is 16.2. The van der Waals surface area contributed by atoms with Crippen molar-refractivity contribution in [3.8, 4) is 5.75 Å². The van der Waals surface area contributed by atoms with Crippen molar-refractivity contribution in [3.63, 3.8) is 0 Å². The summed E-state index contributed by atoms with van der Waals surface area (Å²) < 4.78 is 0. The van der Waals surface area contributed by atoms with Gasteiger partial charge < -0.3 is 15.2 Å². The number of thioether (sulfide) groups is 1. The summed E-state index contributed by atoms with van der Waals surface area (Å²) in [6.45, 7) is 3.42. The molecule has 2 aliphatic carbocycles. The summed E-state index contributed by atoms with van der Waals surface area (Å²) in [5.74, 6) is -3.75. The number of aromatic nitrogens is 1. The van der Waals surface area contributed by atoms with E-state index in [9.17, 15) is 29.4 Å². The molecule has 8 nitrogen and oxygen atoms in total. The Morgan fingerprint density at radius 1 is 1.12 bits per heavy atom.